The van der Waals surface area contributed by atoms with E-state index < -0.39 is 0 Å². The summed E-state index contributed by atoms with van der Waals surface area (Å²) in [6.45, 7) is 5.41. The van der Waals surface area contributed by atoms with Crippen LogP contribution in [0.5, 0.6) is 11.5 Å². The monoisotopic (exact) mass is 353 g/mol. The summed E-state index contributed by atoms with van der Waals surface area (Å²) < 4.78 is 5.09. The van der Waals surface area contributed by atoms with Crippen molar-refractivity contribution < 1.29 is 9.84 Å². The van der Waals surface area contributed by atoms with Crippen molar-refractivity contribution in [3.05, 3.63) is 59.7 Å². The molecule has 5 heteroatoms. The van der Waals surface area contributed by atoms with Crippen molar-refractivity contribution in [1.82, 2.24) is 10.2 Å². The normalized spacial score (nSPS) is 17.4. The van der Waals surface area contributed by atoms with Gasteiger partial charge in [0.1, 0.15) is 0 Å². The highest BCUT2D eigenvalue weighted by Gasteiger charge is 2.25. The van der Waals surface area contributed by atoms with Crippen LogP contribution in [0.3, 0.4) is 0 Å². The molecule has 0 radical (unpaired) electrons. The molecule has 2 aromatic rings. The molecule has 2 aromatic carbocycles. The number of aromatic hydroxyl groups is 1. The van der Waals surface area contributed by atoms with E-state index in [1.165, 1.54) is 5.56 Å². The number of ether oxygens (including phenoxy) is 1. The third-order valence-corrected chi connectivity index (χ3v) is 4.75. The number of phenols is 1. The van der Waals surface area contributed by atoms with Gasteiger partial charge in [0.25, 0.3) is 0 Å². The molecule has 1 atom stereocenters. The van der Waals surface area contributed by atoms with Crippen molar-refractivity contribution in [1.29, 1.82) is 0 Å². The Balaban J connectivity index is 1.69. The van der Waals surface area contributed by atoms with Gasteiger partial charge in [-0.3, -0.25) is 0 Å². The number of likely N-dealkylation sites (tertiary alicyclic amines) is 1. The molecule has 0 aliphatic carbocycles. The molecule has 5 nitrogen and oxygen atoms in total. The number of benzene rings is 2. The number of methoxy groups -OCH3 is 1. The Kier molecular flexibility index (Phi) is 6.00. The Hall–Kier alpha value is -2.69. The highest BCUT2D eigenvalue weighted by Crippen LogP contribution is 2.28. The van der Waals surface area contributed by atoms with Gasteiger partial charge in [0.2, 0.25) is 0 Å². The van der Waals surface area contributed by atoms with Crippen LogP contribution in [0.25, 0.3) is 0 Å². The van der Waals surface area contributed by atoms with Crippen LogP contribution >= 0.6 is 0 Å². The van der Waals surface area contributed by atoms with E-state index in [0.717, 1.165) is 37.6 Å². The first kappa shape index (κ1) is 18.1. The lowest BCUT2D eigenvalue weighted by molar-refractivity contribution is 0.373. The average Bonchev–Trinajstić information content (AvgIpc) is 3.16. The highest BCUT2D eigenvalue weighted by atomic mass is 16.5. The fraction of sp³-hybridized carbons (Fsp3) is 0.381. The fourth-order valence-corrected chi connectivity index (χ4v) is 3.38. The first-order valence-corrected chi connectivity index (χ1v) is 9.15. The summed E-state index contributed by atoms with van der Waals surface area (Å²) in [6, 6.07) is 16.1. The quantitative estimate of drug-likeness (QED) is 0.639. The first-order valence-electron chi connectivity index (χ1n) is 9.15. The molecule has 1 aliphatic heterocycles. The third-order valence-electron chi connectivity index (χ3n) is 4.75. The lowest BCUT2D eigenvalue weighted by Gasteiger charge is -2.22. The van der Waals surface area contributed by atoms with Crippen molar-refractivity contribution >= 4 is 5.96 Å². The van der Waals surface area contributed by atoms with Crippen LogP contribution in [0.1, 0.15) is 30.4 Å². The van der Waals surface area contributed by atoms with Gasteiger partial charge < -0.3 is 20.1 Å². The van der Waals surface area contributed by atoms with Crippen LogP contribution in [0.2, 0.25) is 0 Å². The van der Waals surface area contributed by atoms with Crippen LogP contribution < -0.4 is 10.1 Å². The summed E-state index contributed by atoms with van der Waals surface area (Å²) in [5.41, 5.74) is 2.35. The number of rotatable bonds is 5. The molecule has 0 spiro atoms. The molecule has 2 N–H and O–H groups in total. The Morgan fingerprint density at radius 3 is 2.77 bits per heavy atom. The predicted molar refractivity (Wildman–Crippen MR) is 105 cm³/mol. The number of nitrogens with one attached hydrogen (secondary N) is 1. The maximum Gasteiger partial charge on any atom is 0.194 e. The van der Waals surface area contributed by atoms with Crippen molar-refractivity contribution in [3.8, 4) is 11.5 Å². The molecule has 1 saturated heterocycles. The zero-order valence-corrected chi connectivity index (χ0v) is 15.5. The average molecular weight is 353 g/mol. The van der Waals surface area contributed by atoms with E-state index in [0.29, 0.717) is 18.2 Å². The van der Waals surface area contributed by atoms with Gasteiger partial charge in [-0.15, -0.1) is 0 Å². The molecule has 0 aromatic heterocycles. The van der Waals surface area contributed by atoms with Crippen LogP contribution in [0, 0.1) is 0 Å². The second kappa shape index (κ2) is 8.61. The minimum absolute atomic E-state index is 0.149. The zero-order chi connectivity index (χ0) is 18.4. The molecule has 1 unspecified atom stereocenters. The van der Waals surface area contributed by atoms with Crippen molar-refractivity contribution in [2.24, 2.45) is 4.99 Å². The van der Waals surface area contributed by atoms with Crippen molar-refractivity contribution in [3.63, 3.8) is 0 Å². The smallest absolute Gasteiger partial charge is 0.194 e. The summed E-state index contributed by atoms with van der Waals surface area (Å²) in [4.78, 5) is 7.09. The Morgan fingerprint density at radius 2 is 2.08 bits per heavy atom. The molecular formula is C21H27N3O2. The van der Waals surface area contributed by atoms with E-state index in [9.17, 15) is 5.11 Å². The van der Waals surface area contributed by atoms with Gasteiger partial charge in [0.05, 0.1) is 13.7 Å². The predicted octanol–water partition coefficient (Wildman–Crippen LogP) is 3.36. The number of hydrogen-bond donors (Lipinski definition) is 2. The minimum atomic E-state index is 0.149. The van der Waals surface area contributed by atoms with E-state index in [2.05, 4.69) is 47.5 Å². The Morgan fingerprint density at radius 1 is 1.27 bits per heavy atom. The summed E-state index contributed by atoms with van der Waals surface area (Å²) in [7, 11) is 1.55. The van der Waals surface area contributed by atoms with Gasteiger partial charge in [-0.2, -0.15) is 0 Å². The largest absolute Gasteiger partial charge is 0.504 e. The highest BCUT2D eigenvalue weighted by molar-refractivity contribution is 5.80. The topological polar surface area (TPSA) is 57.1 Å². The maximum absolute atomic E-state index is 9.93. The molecule has 1 fully saturated rings. The van der Waals surface area contributed by atoms with E-state index >= 15 is 0 Å². The van der Waals surface area contributed by atoms with E-state index in [1.54, 1.807) is 19.2 Å². The first-order chi connectivity index (χ1) is 12.7. The molecular weight excluding hydrogens is 326 g/mol. The molecule has 0 saturated carbocycles. The molecule has 0 bridgehead atoms. The summed E-state index contributed by atoms with van der Waals surface area (Å²) >= 11 is 0. The third kappa shape index (κ3) is 4.28. The number of hydrogen-bond acceptors (Lipinski definition) is 3. The second-order valence-electron chi connectivity index (χ2n) is 6.52. The maximum atomic E-state index is 9.93. The molecule has 0 amide bonds. The Labute approximate surface area is 155 Å². The van der Waals surface area contributed by atoms with Gasteiger partial charge in [-0.1, -0.05) is 36.4 Å². The van der Waals surface area contributed by atoms with Gasteiger partial charge in [0.15, 0.2) is 17.5 Å². The van der Waals surface area contributed by atoms with E-state index in [-0.39, 0.29) is 5.75 Å². The zero-order valence-electron chi connectivity index (χ0n) is 15.5. The molecule has 138 valence electrons. The van der Waals surface area contributed by atoms with Crippen molar-refractivity contribution in [2.75, 3.05) is 26.7 Å². The van der Waals surface area contributed by atoms with Gasteiger partial charge >= 0.3 is 0 Å². The number of phenolic OH excluding ortho intramolecular Hbond substituents is 1. The molecule has 1 heterocycles. The second-order valence-corrected chi connectivity index (χ2v) is 6.52. The van der Waals surface area contributed by atoms with Crippen LogP contribution in [0.4, 0.5) is 0 Å². The number of aliphatic imine (C=N–C) groups is 1. The van der Waals surface area contributed by atoms with Crippen LogP contribution in [-0.4, -0.2) is 42.7 Å². The van der Waals surface area contributed by atoms with Gasteiger partial charge in [-0.05, 0) is 36.6 Å². The fourth-order valence-electron chi connectivity index (χ4n) is 3.38. The molecule has 3 rings (SSSR count). The van der Waals surface area contributed by atoms with Gasteiger partial charge in [0, 0.05) is 25.6 Å². The minimum Gasteiger partial charge on any atom is -0.504 e. The van der Waals surface area contributed by atoms with Crippen molar-refractivity contribution in [2.45, 2.75) is 25.8 Å². The summed E-state index contributed by atoms with van der Waals surface area (Å²) in [6.07, 6.45) is 1.14. The summed E-state index contributed by atoms with van der Waals surface area (Å²) in [5, 5.41) is 13.3. The lowest BCUT2D eigenvalue weighted by atomic mass is 9.99. The lowest BCUT2D eigenvalue weighted by Crippen LogP contribution is -2.40. The van der Waals surface area contributed by atoms with Gasteiger partial charge in [-0.25, -0.2) is 4.99 Å². The SMILES string of the molecule is CCNC(=NCc1ccc(OC)c(O)c1)N1CCC(c2ccccc2)C1. The van der Waals surface area contributed by atoms with E-state index in [1.807, 2.05) is 6.07 Å². The Bertz CT molecular complexity index is 746. The van der Waals surface area contributed by atoms with Crippen LogP contribution in [-0.2, 0) is 6.54 Å². The van der Waals surface area contributed by atoms with Crippen LogP contribution in [0.15, 0.2) is 53.5 Å². The number of guanidine groups is 1. The number of nitrogens with zero attached hydrogens (tertiary/aromatic N) is 2. The molecule has 1 aliphatic rings. The summed E-state index contributed by atoms with van der Waals surface area (Å²) in [5.74, 6) is 2.11. The van der Waals surface area contributed by atoms with E-state index in [4.69, 9.17) is 9.73 Å². The standard InChI is InChI=1S/C21H27N3O2/c1-3-22-21(23-14-16-9-10-20(26-2)19(25)13-16)24-12-11-18(15-24)17-7-5-4-6-8-17/h4-10,13,18,25H,3,11-12,14-15H2,1-2H3,(H,22,23). The molecule has 26 heavy (non-hydrogen) atoms.